The number of carbonyl (C=O) groups excluding carboxylic acids is 1. The lowest BCUT2D eigenvalue weighted by Crippen LogP contribution is -2.24. The largest absolute Gasteiger partial charge is 0.369 e. The van der Waals surface area contributed by atoms with Gasteiger partial charge in [0.05, 0.1) is 0 Å². The summed E-state index contributed by atoms with van der Waals surface area (Å²) in [4.78, 5) is 13.4. The summed E-state index contributed by atoms with van der Waals surface area (Å²) in [5.74, 6) is -0.0212. The maximum Gasteiger partial charge on any atom is 0.220 e. The van der Waals surface area contributed by atoms with Crippen LogP contribution in [-0.4, -0.2) is 31.4 Å². The predicted molar refractivity (Wildman–Crippen MR) is 69.2 cm³/mol. The van der Waals surface area contributed by atoms with Gasteiger partial charge in [0, 0.05) is 5.92 Å². The third-order valence-electron chi connectivity index (χ3n) is 2.97. The molecule has 0 aromatic carbocycles. The van der Waals surface area contributed by atoms with Gasteiger partial charge in [0.1, 0.15) is 0 Å². The Morgan fingerprint density at radius 2 is 1.75 bits per heavy atom. The van der Waals surface area contributed by atoms with Crippen LogP contribution in [0.2, 0.25) is 0 Å². The van der Waals surface area contributed by atoms with Gasteiger partial charge in [-0.25, -0.2) is 0 Å². The molecule has 0 aromatic rings. The van der Waals surface area contributed by atoms with Crippen LogP contribution in [0.4, 0.5) is 0 Å². The van der Waals surface area contributed by atoms with Gasteiger partial charge in [-0.1, -0.05) is 32.6 Å². The van der Waals surface area contributed by atoms with E-state index in [4.69, 9.17) is 5.73 Å². The number of amides is 1. The van der Waals surface area contributed by atoms with Crippen LogP contribution in [0.5, 0.6) is 0 Å². The van der Waals surface area contributed by atoms with Crippen molar-refractivity contribution in [1.82, 2.24) is 4.90 Å². The Bertz CT molecular complexity index is 181. The maximum absolute atomic E-state index is 11.2. The number of rotatable bonds is 10. The molecule has 2 N–H and O–H groups in total. The van der Waals surface area contributed by atoms with E-state index >= 15 is 0 Å². The summed E-state index contributed by atoms with van der Waals surface area (Å²) in [7, 11) is 4.11. The molecule has 1 unspecified atom stereocenters. The van der Waals surface area contributed by atoms with E-state index in [9.17, 15) is 4.79 Å². The number of nitrogens with two attached hydrogens (primary N) is 1. The van der Waals surface area contributed by atoms with Gasteiger partial charge in [-0.05, 0) is 39.9 Å². The third kappa shape index (κ3) is 8.72. The molecule has 0 aliphatic rings. The Kier molecular flexibility index (Phi) is 9.30. The SMILES string of the molecule is CCCCCCC(CCCN(C)C)C(N)=O. The van der Waals surface area contributed by atoms with Crippen LogP contribution >= 0.6 is 0 Å². The molecular weight excluding hydrogens is 200 g/mol. The molecule has 3 heteroatoms. The third-order valence-corrected chi connectivity index (χ3v) is 2.97. The van der Waals surface area contributed by atoms with Gasteiger partial charge in [-0.15, -0.1) is 0 Å². The topological polar surface area (TPSA) is 46.3 Å². The Balaban J connectivity index is 3.67. The fourth-order valence-electron chi connectivity index (χ4n) is 1.90. The quantitative estimate of drug-likeness (QED) is 0.584. The van der Waals surface area contributed by atoms with Crippen molar-refractivity contribution in [2.75, 3.05) is 20.6 Å². The van der Waals surface area contributed by atoms with Gasteiger partial charge in [-0.2, -0.15) is 0 Å². The number of hydrogen-bond donors (Lipinski definition) is 1. The summed E-state index contributed by atoms with van der Waals surface area (Å²) < 4.78 is 0. The zero-order valence-corrected chi connectivity index (χ0v) is 11.2. The van der Waals surface area contributed by atoms with Gasteiger partial charge >= 0.3 is 0 Å². The molecule has 0 saturated heterocycles. The molecule has 0 aromatic heterocycles. The standard InChI is InChI=1S/C13H28N2O/c1-4-5-6-7-9-12(13(14)16)10-8-11-15(2)3/h12H,4-11H2,1-3H3,(H2,14,16). The van der Waals surface area contributed by atoms with Gasteiger partial charge in [0.15, 0.2) is 0 Å². The molecule has 0 heterocycles. The minimum absolute atomic E-state index is 0.0943. The Hall–Kier alpha value is -0.570. The van der Waals surface area contributed by atoms with Crippen molar-refractivity contribution in [3.05, 3.63) is 0 Å². The summed E-state index contributed by atoms with van der Waals surface area (Å²) in [6.07, 6.45) is 7.86. The minimum Gasteiger partial charge on any atom is -0.369 e. The smallest absolute Gasteiger partial charge is 0.220 e. The highest BCUT2D eigenvalue weighted by Crippen LogP contribution is 2.16. The molecule has 0 bridgehead atoms. The lowest BCUT2D eigenvalue weighted by molar-refractivity contribution is -0.122. The van der Waals surface area contributed by atoms with Gasteiger partial charge < -0.3 is 10.6 Å². The molecule has 0 rings (SSSR count). The highest BCUT2D eigenvalue weighted by molar-refractivity contribution is 5.76. The summed E-state index contributed by atoms with van der Waals surface area (Å²) in [5.41, 5.74) is 5.42. The van der Waals surface area contributed by atoms with Crippen molar-refractivity contribution in [2.45, 2.75) is 51.9 Å². The number of carbonyl (C=O) groups is 1. The minimum atomic E-state index is -0.116. The molecule has 1 atom stereocenters. The molecule has 0 aliphatic heterocycles. The second-order valence-corrected chi connectivity index (χ2v) is 4.89. The Morgan fingerprint density at radius 3 is 2.25 bits per heavy atom. The van der Waals surface area contributed by atoms with Crippen molar-refractivity contribution >= 4 is 5.91 Å². The molecule has 96 valence electrons. The van der Waals surface area contributed by atoms with Gasteiger partial charge in [-0.3, -0.25) is 4.79 Å². The number of hydrogen-bond acceptors (Lipinski definition) is 2. The molecule has 3 nitrogen and oxygen atoms in total. The number of nitrogens with zero attached hydrogens (tertiary/aromatic N) is 1. The van der Waals surface area contributed by atoms with Gasteiger partial charge in [0.25, 0.3) is 0 Å². The van der Waals surface area contributed by atoms with E-state index in [1.54, 1.807) is 0 Å². The summed E-state index contributed by atoms with van der Waals surface area (Å²) in [5, 5.41) is 0. The van der Waals surface area contributed by atoms with Crippen LogP contribution in [0.1, 0.15) is 51.9 Å². The van der Waals surface area contributed by atoms with E-state index in [1.165, 1.54) is 19.3 Å². The van der Waals surface area contributed by atoms with Crippen molar-refractivity contribution in [3.8, 4) is 0 Å². The first-order valence-electron chi connectivity index (χ1n) is 6.52. The Labute approximate surface area is 100 Å². The van der Waals surface area contributed by atoms with E-state index < -0.39 is 0 Å². The van der Waals surface area contributed by atoms with Crippen molar-refractivity contribution in [2.24, 2.45) is 11.7 Å². The molecule has 0 fully saturated rings. The second-order valence-electron chi connectivity index (χ2n) is 4.89. The molecule has 0 saturated carbocycles. The van der Waals surface area contributed by atoms with Crippen LogP contribution in [0.15, 0.2) is 0 Å². The van der Waals surface area contributed by atoms with E-state index in [0.29, 0.717) is 0 Å². The average Bonchev–Trinajstić information content (AvgIpc) is 2.20. The monoisotopic (exact) mass is 228 g/mol. The first kappa shape index (κ1) is 15.4. The molecule has 0 aliphatic carbocycles. The molecule has 1 amide bonds. The zero-order chi connectivity index (χ0) is 12.4. The number of unbranched alkanes of at least 4 members (excludes halogenated alkanes) is 3. The van der Waals surface area contributed by atoms with Crippen molar-refractivity contribution in [1.29, 1.82) is 0 Å². The van der Waals surface area contributed by atoms with E-state index in [-0.39, 0.29) is 11.8 Å². The summed E-state index contributed by atoms with van der Waals surface area (Å²) in [6.45, 7) is 3.24. The highest BCUT2D eigenvalue weighted by atomic mass is 16.1. The number of primary amides is 1. The Morgan fingerprint density at radius 1 is 1.12 bits per heavy atom. The fraction of sp³-hybridized carbons (Fsp3) is 0.923. The first-order valence-corrected chi connectivity index (χ1v) is 6.52. The zero-order valence-electron chi connectivity index (χ0n) is 11.2. The van der Waals surface area contributed by atoms with Gasteiger partial charge in [0.2, 0.25) is 5.91 Å². The molecule has 0 spiro atoms. The predicted octanol–water partition coefficient (Wildman–Crippen LogP) is 2.40. The normalized spacial score (nSPS) is 13.0. The maximum atomic E-state index is 11.2. The first-order chi connectivity index (χ1) is 7.57. The second kappa shape index (κ2) is 9.64. The molecular formula is C13H28N2O. The van der Waals surface area contributed by atoms with E-state index in [0.717, 1.165) is 32.2 Å². The lowest BCUT2D eigenvalue weighted by atomic mass is 9.95. The van der Waals surface area contributed by atoms with E-state index in [2.05, 4.69) is 25.9 Å². The van der Waals surface area contributed by atoms with Crippen LogP contribution in [-0.2, 0) is 4.79 Å². The van der Waals surface area contributed by atoms with Crippen LogP contribution in [0.3, 0.4) is 0 Å². The molecule has 0 radical (unpaired) electrons. The van der Waals surface area contributed by atoms with Crippen LogP contribution in [0.25, 0.3) is 0 Å². The summed E-state index contributed by atoms with van der Waals surface area (Å²) >= 11 is 0. The van der Waals surface area contributed by atoms with Crippen molar-refractivity contribution < 1.29 is 4.79 Å². The van der Waals surface area contributed by atoms with Crippen LogP contribution < -0.4 is 5.73 Å². The van der Waals surface area contributed by atoms with E-state index in [1.807, 2.05) is 0 Å². The molecule has 16 heavy (non-hydrogen) atoms. The fourth-order valence-corrected chi connectivity index (χ4v) is 1.90. The average molecular weight is 228 g/mol. The lowest BCUT2D eigenvalue weighted by Gasteiger charge is -2.15. The van der Waals surface area contributed by atoms with Crippen molar-refractivity contribution in [3.63, 3.8) is 0 Å². The van der Waals surface area contributed by atoms with Crippen LogP contribution in [0, 0.1) is 5.92 Å². The summed E-state index contributed by atoms with van der Waals surface area (Å²) in [6, 6.07) is 0. The highest BCUT2D eigenvalue weighted by Gasteiger charge is 2.14.